The fourth-order valence-electron chi connectivity index (χ4n) is 5.66. The molecule has 0 amide bonds. The van der Waals surface area contributed by atoms with Gasteiger partial charge in [-0.15, -0.1) is 0 Å². The largest absolute Gasteiger partial charge is 0.373 e. The van der Waals surface area contributed by atoms with E-state index in [0.29, 0.717) is 6.04 Å². The first-order chi connectivity index (χ1) is 10.7. The Balaban J connectivity index is 1.85. The summed E-state index contributed by atoms with van der Waals surface area (Å²) in [5, 5.41) is 12.3. The standard InChI is InChI=1S/C19H24N2O/c1-2-19-9-5-10-20-11-8-14-13-6-3-4-7-15(13)21(16(22)12-19)17(14)18(19)20/h3-4,6-7,16,18,22H,2,5,8-12H2,1H3/t16-,18+,19-/m0/s1. The molecule has 1 aromatic carbocycles. The maximum absolute atomic E-state index is 11.0. The predicted molar refractivity (Wildman–Crippen MR) is 87.8 cm³/mol. The van der Waals surface area contributed by atoms with E-state index in [2.05, 4.69) is 40.7 Å². The first-order valence-electron chi connectivity index (χ1n) is 8.79. The summed E-state index contributed by atoms with van der Waals surface area (Å²) in [7, 11) is 0. The number of hydrogen-bond donors (Lipinski definition) is 1. The lowest BCUT2D eigenvalue weighted by atomic mass is 9.64. The minimum absolute atomic E-state index is 0.275. The lowest BCUT2D eigenvalue weighted by molar-refractivity contribution is -0.0791. The van der Waals surface area contributed by atoms with Crippen LogP contribution in [0.2, 0.25) is 0 Å². The summed E-state index contributed by atoms with van der Waals surface area (Å²) in [5.74, 6) is 0. The summed E-state index contributed by atoms with van der Waals surface area (Å²) in [6, 6.07) is 9.19. The van der Waals surface area contributed by atoms with Crippen molar-refractivity contribution >= 4 is 10.9 Å². The van der Waals surface area contributed by atoms with Crippen LogP contribution >= 0.6 is 0 Å². The fraction of sp³-hybridized carbons (Fsp3) is 0.579. The Morgan fingerprint density at radius 2 is 2.14 bits per heavy atom. The molecular formula is C19H24N2O. The van der Waals surface area contributed by atoms with Crippen LogP contribution in [-0.4, -0.2) is 27.7 Å². The van der Waals surface area contributed by atoms with Crippen molar-refractivity contribution in [2.45, 2.75) is 51.3 Å². The van der Waals surface area contributed by atoms with Crippen molar-refractivity contribution in [2.24, 2.45) is 5.41 Å². The van der Waals surface area contributed by atoms with E-state index in [0.717, 1.165) is 12.8 Å². The van der Waals surface area contributed by atoms with Crippen molar-refractivity contribution in [3.63, 3.8) is 0 Å². The number of para-hydroxylation sites is 1. The number of fused-ring (bicyclic) bond motifs is 3. The summed E-state index contributed by atoms with van der Waals surface area (Å²) >= 11 is 0. The summed E-state index contributed by atoms with van der Waals surface area (Å²) < 4.78 is 2.26. The maximum atomic E-state index is 11.0. The van der Waals surface area contributed by atoms with Crippen LogP contribution in [0.5, 0.6) is 0 Å². The molecule has 22 heavy (non-hydrogen) atoms. The van der Waals surface area contributed by atoms with Gasteiger partial charge in [-0.3, -0.25) is 4.90 Å². The van der Waals surface area contributed by atoms with E-state index in [9.17, 15) is 5.11 Å². The highest BCUT2D eigenvalue weighted by molar-refractivity contribution is 5.86. The molecular weight excluding hydrogens is 272 g/mol. The second kappa shape index (κ2) is 4.36. The summed E-state index contributed by atoms with van der Waals surface area (Å²) in [6.45, 7) is 4.73. The highest BCUT2D eigenvalue weighted by atomic mass is 16.3. The molecule has 2 aromatic rings. The number of aliphatic hydroxyl groups is 1. The predicted octanol–water partition coefficient (Wildman–Crippen LogP) is 3.63. The van der Waals surface area contributed by atoms with E-state index in [-0.39, 0.29) is 11.6 Å². The second-order valence-corrected chi connectivity index (χ2v) is 7.44. The van der Waals surface area contributed by atoms with Crippen LogP contribution < -0.4 is 0 Å². The molecule has 0 unspecified atom stereocenters. The van der Waals surface area contributed by atoms with Crippen molar-refractivity contribution in [1.29, 1.82) is 0 Å². The van der Waals surface area contributed by atoms with Crippen molar-refractivity contribution in [3.05, 3.63) is 35.5 Å². The SMILES string of the molecule is CC[C@]12CCCN3CCc4c(n(c5ccccc45)[C@@H](O)C1)[C@@H]32. The molecule has 3 atom stereocenters. The van der Waals surface area contributed by atoms with E-state index in [4.69, 9.17) is 0 Å². The lowest BCUT2D eigenvalue weighted by Gasteiger charge is -2.56. The quantitative estimate of drug-likeness (QED) is 0.870. The maximum Gasteiger partial charge on any atom is 0.131 e. The number of aromatic nitrogens is 1. The average molecular weight is 296 g/mol. The lowest BCUT2D eigenvalue weighted by Crippen LogP contribution is -2.53. The molecule has 3 aliphatic heterocycles. The molecule has 0 saturated carbocycles. The molecule has 1 aromatic heterocycles. The van der Waals surface area contributed by atoms with Crippen LogP contribution in [0.25, 0.3) is 10.9 Å². The van der Waals surface area contributed by atoms with Gasteiger partial charge in [0.25, 0.3) is 0 Å². The topological polar surface area (TPSA) is 28.4 Å². The molecule has 1 fully saturated rings. The van der Waals surface area contributed by atoms with Gasteiger partial charge in [0.05, 0.1) is 11.6 Å². The van der Waals surface area contributed by atoms with E-state index >= 15 is 0 Å². The van der Waals surface area contributed by atoms with Crippen LogP contribution in [0, 0.1) is 5.41 Å². The van der Waals surface area contributed by atoms with Gasteiger partial charge in [0.2, 0.25) is 0 Å². The number of piperidine rings is 1. The van der Waals surface area contributed by atoms with Gasteiger partial charge in [-0.2, -0.15) is 0 Å². The molecule has 3 aliphatic rings. The van der Waals surface area contributed by atoms with Crippen LogP contribution in [0.15, 0.2) is 24.3 Å². The average Bonchev–Trinajstić information content (AvgIpc) is 2.89. The Kier molecular flexibility index (Phi) is 2.61. The normalized spacial score (nSPS) is 33.9. The fourth-order valence-corrected chi connectivity index (χ4v) is 5.66. The molecule has 1 saturated heterocycles. The van der Waals surface area contributed by atoms with Gasteiger partial charge in [-0.1, -0.05) is 25.1 Å². The Labute approximate surface area is 131 Å². The highest BCUT2D eigenvalue weighted by Gasteiger charge is 2.52. The van der Waals surface area contributed by atoms with Gasteiger partial charge >= 0.3 is 0 Å². The van der Waals surface area contributed by atoms with Gasteiger partial charge in [-0.25, -0.2) is 0 Å². The van der Waals surface area contributed by atoms with Gasteiger partial charge in [0, 0.05) is 17.6 Å². The molecule has 3 heteroatoms. The Bertz CT molecular complexity index is 749. The van der Waals surface area contributed by atoms with Gasteiger partial charge < -0.3 is 9.67 Å². The molecule has 3 nitrogen and oxygen atoms in total. The first kappa shape index (κ1) is 13.1. The van der Waals surface area contributed by atoms with Crippen LogP contribution in [0.1, 0.15) is 56.1 Å². The molecule has 0 aliphatic carbocycles. The second-order valence-electron chi connectivity index (χ2n) is 7.44. The molecule has 116 valence electrons. The highest BCUT2D eigenvalue weighted by Crippen LogP contribution is 2.59. The smallest absolute Gasteiger partial charge is 0.131 e. The molecule has 0 spiro atoms. The van der Waals surface area contributed by atoms with E-state index < -0.39 is 0 Å². The van der Waals surface area contributed by atoms with Gasteiger partial charge in [0.1, 0.15) is 6.23 Å². The minimum atomic E-state index is -0.358. The number of hydrogen-bond acceptors (Lipinski definition) is 2. The number of rotatable bonds is 1. The van der Waals surface area contributed by atoms with Crippen LogP contribution in [0.3, 0.4) is 0 Å². The monoisotopic (exact) mass is 296 g/mol. The van der Waals surface area contributed by atoms with Crippen molar-refractivity contribution in [1.82, 2.24) is 9.47 Å². The molecule has 0 radical (unpaired) electrons. The summed E-state index contributed by atoms with van der Waals surface area (Å²) in [5.41, 5.74) is 4.46. The Morgan fingerprint density at radius 1 is 1.27 bits per heavy atom. The zero-order valence-electron chi connectivity index (χ0n) is 13.3. The molecule has 1 N–H and O–H groups in total. The number of benzene rings is 1. The number of aliphatic hydroxyl groups excluding tert-OH is 1. The van der Waals surface area contributed by atoms with E-state index in [1.807, 2.05) is 0 Å². The number of nitrogens with zero attached hydrogens (tertiary/aromatic N) is 2. The van der Waals surface area contributed by atoms with Crippen molar-refractivity contribution in [2.75, 3.05) is 13.1 Å². The Morgan fingerprint density at radius 3 is 3.00 bits per heavy atom. The molecule has 5 rings (SSSR count). The third-order valence-electron chi connectivity index (χ3n) is 6.62. The van der Waals surface area contributed by atoms with Crippen LogP contribution in [-0.2, 0) is 6.42 Å². The minimum Gasteiger partial charge on any atom is -0.373 e. The molecule has 4 heterocycles. The Hall–Kier alpha value is -1.32. The zero-order valence-corrected chi connectivity index (χ0v) is 13.3. The van der Waals surface area contributed by atoms with Crippen molar-refractivity contribution < 1.29 is 5.11 Å². The van der Waals surface area contributed by atoms with E-state index in [1.54, 1.807) is 0 Å². The summed E-state index contributed by atoms with van der Waals surface area (Å²) in [4.78, 5) is 2.70. The third kappa shape index (κ3) is 1.44. The van der Waals surface area contributed by atoms with Crippen LogP contribution in [0.4, 0.5) is 0 Å². The van der Waals surface area contributed by atoms with E-state index in [1.165, 1.54) is 54.5 Å². The molecule has 0 bridgehead atoms. The zero-order chi connectivity index (χ0) is 14.9. The summed E-state index contributed by atoms with van der Waals surface area (Å²) in [6.07, 6.45) is 5.41. The van der Waals surface area contributed by atoms with Gasteiger partial charge in [0.15, 0.2) is 0 Å². The van der Waals surface area contributed by atoms with Gasteiger partial charge in [-0.05, 0) is 55.7 Å². The third-order valence-corrected chi connectivity index (χ3v) is 6.62. The van der Waals surface area contributed by atoms with Crippen molar-refractivity contribution in [3.8, 4) is 0 Å². The first-order valence-corrected chi connectivity index (χ1v) is 8.79.